The molecule has 4 rings (SSSR count). The zero-order chi connectivity index (χ0) is 20.2. The highest BCUT2D eigenvalue weighted by Gasteiger charge is 2.40. The number of rotatable bonds is 5. The Bertz CT molecular complexity index is 836. The largest absolute Gasteiger partial charge is 0.334 e. The summed E-state index contributed by atoms with van der Waals surface area (Å²) in [5, 5.41) is 4.83. The Hall–Kier alpha value is -1.55. The highest BCUT2D eigenvalue weighted by molar-refractivity contribution is 6.42. The van der Waals surface area contributed by atoms with E-state index >= 15 is 0 Å². The van der Waals surface area contributed by atoms with Crippen LogP contribution in [0.1, 0.15) is 55.7 Å². The highest BCUT2D eigenvalue weighted by Crippen LogP contribution is 2.36. The van der Waals surface area contributed by atoms with Gasteiger partial charge in [0.05, 0.1) is 16.1 Å². The van der Waals surface area contributed by atoms with E-state index in [9.17, 15) is 4.79 Å². The topological polar surface area (TPSA) is 32.3 Å². The smallest absolute Gasteiger partial charge is 0.226 e. The summed E-state index contributed by atoms with van der Waals surface area (Å²) < 4.78 is 0. The fourth-order valence-corrected chi connectivity index (χ4v) is 5.12. The number of amides is 1. The second kappa shape index (κ2) is 9.51. The molecule has 5 heteroatoms. The second-order valence-electron chi connectivity index (χ2n) is 8.25. The number of carbonyl (C=O) groups excluding carboxylic acids is 1. The Kier molecular flexibility index (Phi) is 6.79. The Morgan fingerprint density at radius 1 is 0.966 bits per heavy atom. The maximum absolute atomic E-state index is 13.4. The molecule has 2 aromatic rings. The normalized spacial score (nSPS) is 22.8. The van der Waals surface area contributed by atoms with Crippen molar-refractivity contribution in [2.24, 2.45) is 5.92 Å². The van der Waals surface area contributed by atoms with E-state index in [-0.39, 0.29) is 18.0 Å². The van der Waals surface area contributed by atoms with Crippen molar-refractivity contribution in [3.05, 3.63) is 69.7 Å². The minimum absolute atomic E-state index is 0.0772. The molecule has 2 atom stereocenters. The second-order valence-corrected chi connectivity index (χ2v) is 9.06. The van der Waals surface area contributed by atoms with E-state index in [4.69, 9.17) is 23.2 Å². The first-order chi connectivity index (χ1) is 14.1. The Morgan fingerprint density at radius 3 is 2.45 bits per heavy atom. The molecule has 154 valence electrons. The van der Waals surface area contributed by atoms with Gasteiger partial charge in [-0.1, -0.05) is 78.9 Å². The van der Waals surface area contributed by atoms with Crippen LogP contribution in [0.2, 0.25) is 10.0 Å². The first-order valence-corrected chi connectivity index (χ1v) is 11.4. The summed E-state index contributed by atoms with van der Waals surface area (Å²) in [5.74, 6) is 0.543. The number of hydrogen-bond acceptors (Lipinski definition) is 2. The van der Waals surface area contributed by atoms with Crippen molar-refractivity contribution < 1.29 is 4.79 Å². The number of hydrogen-bond donors (Lipinski definition) is 1. The lowest BCUT2D eigenvalue weighted by Crippen LogP contribution is -2.41. The fourth-order valence-electron chi connectivity index (χ4n) is 4.80. The molecule has 1 aliphatic heterocycles. The Morgan fingerprint density at radius 2 is 1.72 bits per heavy atom. The van der Waals surface area contributed by atoms with Crippen LogP contribution in [0, 0.1) is 5.92 Å². The van der Waals surface area contributed by atoms with Gasteiger partial charge >= 0.3 is 0 Å². The lowest BCUT2D eigenvalue weighted by Gasteiger charge is -2.33. The third-order valence-electron chi connectivity index (χ3n) is 6.33. The van der Waals surface area contributed by atoms with E-state index in [0.29, 0.717) is 22.5 Å². The molecule has 0 spiro atoms. The third-order valence-corrected chi connectivity index (χ3v) is 7.07. The van der Waals surface area contributed by atoms with Crippen LogP contribution < -0.4 is 5.32 Å². The molecule has 0 bridgehead atoms. The molecule has 0 aromatic heterocycles. The maximum atomic E-state index is 13.4. The number of carbonyl (C=O) groups is 1. The first kappa shape index (κ1) is 20.7. The molecule has 0 radical (unpaired) electrons. The monoisotopic (exact) mass is 430 g/mol. The van der Waals surface area contributed by atoms with Gasteiger partial charge in [0.15, 0.2) is 0 Å². The lowest BCUT2D eigenvalue weighted by atomic mass is 9.87. The molecule has 1 N–H and O–H groups in total. The van der Waals surface area contributed by atoms with Crippen molar-refractivity contribution in [2.75, 3.05) is 6.54 Å². The molecular formula is C24H28Cl2N2O. The molecule has 1 aliphatic carbocycles. The van der Waals surface area contributed by atoms with E-state index in [1.807, 2.05) is 24.3 Å². The van der Waals surface area contributed by atoms with Gasteiger partial charge in [0.1, 0.15) is 0 Å². The van der Waals surface area contributed by atoms with Crippen LogP contribution in [0.15, 0.2) is 48.5 Å². The molecule has 1 saturated carbocycles. The van der Waals surface area contributed by atoms with E-state index in [1.54, 1.807) is 0 Å². The van der Waals surface area contributed by atoms with Crippen molar-refractivity contribution in [2.45, 2.75) is 57.2 Å². The van der Waals surface area contributed by atoms with Gasteiger partial charge in [-0.05, 0) is 42.5 Å². The van der Waals surface area contributed by atoms with Crippen LogP contribution in [0.5, 0.6) is 0 Å². The van der Waals surface area contributed by atoms with Crippen molar-refractivity contribution in [1.82, 2.24) is 10.2 Å². The number of nitrogens with one attached hydrogen (secondary N) is 1. The third kappa shape index (κ3) is 4.79. The van der Waals surface area contributed by atoms with Crippen molar-refractivity contribution in [3.63, 3.8) is 0 Å². The quantitative estimate of drug-likeness (QED) is 0.629. The molecule has 2 fully saturated rings. The minimum Gasteiger partial charge on any atom is -0.334 e. The molecule has 2 aliphatic rings. The van der Waals surface area contributed by atoms with Gasteiger partial charge in [0, 0.05) is 25.0 Å². The number of halogens is 2. The average Bonchev–Trinajstić information content (AvgIpc) is 3.19. The van der Waals surface area contributed by atoms with Gasteiger partial charge in [-0.3, -0.25) is 4.79 Å². The Balaban J connectivity index is 1.51. The summed E-state index contributed by atoms with van der Waals surface area (Å²) in [5.41, 5.74) is 2.31. The van der Waals surface area contributed by atoms with Gasteiger partial charge < -0.3 is 10.2 Å². The first-order valence-electron chi connectivity index (χ1n) is 10.7. The molecule has 2 aromatic carbocycles. The fraction of sp³-hybridized carbons (Fsp3) is 0.458. The molecule has 3 nitrogen and oxygen atoms in total. The lowest BCUT2D eigenvalue weighted by molar-refractivity contribution is -0.137. The van der Waals surface area contributed by atoms with Crippen LogP contribution in [-0.2, 0) is 11.3 Å². The number of likely N-dealkylation sites (tertiary alicyclic amines) is 1. The van der Waals surface area contributed by atoms with Gasteiger partial charge in [0.25, 0.3) is 0 Å². The number of benzene rings is 2. The molecule has 2 unspecified atom stereocenters. The SMILES string of the molecule is O=C(C1CCCCC1)N1CCC(NCc2ccc(Cl)c(Cl)c2)C1c1ccccc1. The zero-order valence-electron chi connectivity index (χ0n) is 16.6. The zero-order valence-corrected chi connectivity index (χ0v) is 18.1. The van der Waals surface area contributed by atoms with E-state index in [1.165, 1.54) is 24.8 Å². The van der Waals surface area contributed by atoms with E-state index in [0.717, 1.165) is 31.4 Å². The maximum Gasteiger partial charge on any atom is 0.226 e. The van der Waals surface area contributed by atoms with Gasteiger partial charge in [-0.25, -0.2) is 0 Å². The molecular weight excluding hydrogens is 403 g/mol. The summed E-state index contributed by atoms with van der Waals surface area (Å²) in [6, 6.07) is 16.5. The molecule has 1 amide bonds. The predicted octanol–water partition coefficient (Wildman–Crippen LogP) is 6.01. The van der Waals surface area contributed by atoms with Crippen LogP contribution in [-0.4, -0.2) is 23.4 Å². The molecule has 1 heterocycles. The Labute approximate surface area is 183 Å². The van der Waals surface area contributed by atoms with Crippen LogP contribution in [0.25, 0.3) is 0 Å². The summed E-state index contributed by atoms with van der Waals surface area (Å²) in [7, 11) is 0. The van der Waals surface area contributed by atoms with Crippen LogP contribution in [0.4, 0.5) is 0 Å². The van der Waals surface area contributed by atoms with Gasteiger partial charge in [0.2, 0.25) is 5.91 Å². The number of nitrogens with zero attached hydrogens (tertiary/aromatic N) is 1. The van der Waals surface area contributed by atoms with Crippen LogP contribution >= 0.6 is 23.2 Å². The van der Waals surface area contributed by atoms with Crippen molar-refractivity contribution in [1.29, 1.82) is 0 Å². The summed E-state index contributed by atoms with van der Waals surface area (Å²) in [6.07, 6.45) is 6.66. The average molecular weight is 431 g/mol. The standard InChI is InChI=1S/C24H28Cl2N2O/c25-20-12-11-17(15-21(20)26)16-27-22-13-14-28(23(22)18-7-3-1-4-8-18)24(29)19-9-5-2-6-10-19/h1,3-4,7-8,11-12,15,19,22-23,27H,2,5-6,9-10,13-14,16H2. The summed E-state index contributed by atoms with van der Waals surface area (Å²) in [4.78, 5) is 15.5. The molecule has 1 saturated heterocycles. The van der Waals surface area contributed by atoms with Crippen LogP contribution in [0.3, 0.4) is 0 Å². The summed E-state index contributed by atoms with van der Waals surface area (Å²) in [6.45, 7) is 1.52. The van der Waals surface area contributed by atoms with Gasteiger partial charge in [-0.15, -0.1) is 0 Å². The van der Waals surface area contributed by atoms with E-state index < -0.39 is 0 Å². The van der Waals surface area contributed by atoms with Gasteiger partial charge in [-0.2, -0.15) is 0 Å². The summed E-state index contributed by atoms with van der Waals surface area (Å²) >= 11 is 12.2. The van der Waals surface area contributed by atoms with Crippen molar-refractivity contribution >= 4 is 29.1 Å². The van der Waals surface area contributed by atoms with E-state index in [2.05, 4.69) is 34.5 Å². The molecule has 29 heavy (non-hydrogen) atoms. The predicted molar refractivity (Wildman–Crippen MR) is 119 cm³/mol. The highest BCUT2D eigenvalue weighted by atomic mass is 35.5. The van der Waals surface area contributed by atoms with Crippen molar-refractivity contribution in [3.8, 4) is 0 Å². The minimum atomic E-state index is 0.0772.